The van der Waals surface area contributed by atoms with Crippen LogP contribution in [0.4, 0.5) is 0 Å². The van der Waals surface area contributed by atoms with E-state index in [9.17, 15) is 43.2 Å². The summed E-state index contributed by atoms with van der Waals surface area (Å²) < 4.78 is 68.5. The van der Waals surface area contributed by atoms with Crippen LogP contribution in [0.1, 0.15) is 336 Å². The van der Waals surface area contributed by atoms with Crippen LogP contribution in [-0.2, 0) is 65.4 Å². The number of aliphatic hydroxyl groups is 1. The van der Waals surface area contributed by atoms with Crippen molar-refractivity contribution < 1.29 is 80.2 Å². The number of hydrogen-bond donors (Lipinski definition) is 3. The second-order valence-electron chi connectivity index (χ2n) is 26.3. The zero-order chi connectivity index (χ0) is 73.2. The van der Waals surface area contributed by atoms with E-state index in [0.29, 0.717) is 25.7 Å². The van der Waals surface area contributed by atoms with Crippen LogP contribution in [0.5, 0.6) is 0 Å². The van der Waals surface area contributed by atoms with E-state index in [-0.39, 0.29) is 25.7 Å². The van der Waals surface area contributed by atoms with Crippen LogP contribution in [0.3, 0.4) is 0 Å². The van der Waals surface area contributed by atoms with Gasteiger partial charge in [-0.25, -0.2) is 9.13 Å². The number of phosphoric acid groups is 2. The maximum Gasteiger partial charge on any atom is 0.472 e. The Morgan fingerprint density at radius 3 is 0.860 bits per heavy atom. The van der Waals surface area contributed by atoms with E-state index in [1.165, 1.54) is 57.8 Å². The first-order valence-electron chi connectivity index (χ1n) is 39.5. The minimum Gasteiger partial charge on any atom is -0.462 e. The van der Waals surface area contributed by atoms with Crippen molar-refractivity contribution >= 4 is 39.5 Å². The van der Waals surface area contributed by atoms with Crippen molar-refractivity contribution in [1.29, 1.82) is 0 Å². The van der Waals surface area contributed by atoms with Crippen LogP contribution in [0.25, 0.3) is 0 Å². The van der Waals surface area contributed by atoms with Gasteiger partial charge in [0, 0.05) is 25.7 Å². The summed E-state index contributed by atoms with van der Waals surface area (Å²) in [5.41, 5.74) is 0. The number of carbonyl (C=O) groups is 4. The van der Waals surface area contributed by atoms with Gasteiger partial charge in [0.15, 0.2) is 12.2 Å². The molecule has 0 aliphatic heterocycles. The van der Waals surface area contributed by atoms with Gasteiger partial charge in [-0.2, -0.15) is 0 Å². The summed E-state index contributed by atoms with van der Waals surface area (Å²) in [5.74, 6) is -2.20. The lowest BCUT2D eigenvalue weighted by molar-refractivity contribution is -0.161. The molecule has 5 unspecified atom stereocenters. The van der Waals surface area contributed by atoms with E-state index in [0.717, 1.165) is 199 Å². The highest BCUT2D eigenvalue weighted by molar-refractivity contribution is 7.47. The van der Waals surface area contributed by atoms with Crippen LogP contribution in [-0.4, -0.2) is 96.7 Å². The average molecular weight is 1450 g/mol. The average Bonchev–Trinajstić information content (AvgIpc) is 0.937. The Morgan fingerprint density at radius 2 is 0.530 bits per heavy atom. The van der Waals surface area contributed by atoms with Gasteiger partial charge < -0.3 is 33.8 Å². The molecule has 0 aromatic heterocycles. The lowest BCUT2D eigenvalue weighted by Gasteiger charge is -2.21. The van der Waals surface area contributed by atoms with E-state index < -0.39 is 97.5 Å². The maximum absolute atomic E-state index is 13.1. The first-order valence-corrected chi connectivity index (χ1v) is 42.5. The van der Waals surface area contributed by atoms with E-state index in [4.69, 9.17) is 37.0 Å². The maximum atomic E-state index is 13.1. The molecule has 0 fully saturated rings. The van der Waals surface area contributed by atoms with Crippen molar-refractivity contribution in [2.24, 2.45) is 0 Å². The van der Waals surface area contributed by atoms with Gasteiger partial charge >= 0.3 is 39.5 Å². The molecule has 0 aromatic rings. The van der Waals surface area contributed by atoms with Crippen LogP contribution in [0.15, 0.2) is 97.2 Å². The third kappa shape index (κ3) is 72.3. The van der Waals surface area contributed by atoms with E-state index in [2.05, 4.69) is 125 Å². The molecule has 0 aromatic carbocycles. The largest absolute Gasteiger partial charge is 0.472 e. The number of hydrogen-bond acceptors (Lipinski definition) is 15. The number of aliphatic hydroxyl groups excluding tert-OH is 1. The van der Waals surface area contributed by atoms with Gasteiger partial charge in [-0.15, -0.1) is 0 Å². The predicted molar refractivity (Wildman–Crippen MR) is 409 cm³/mol. The molecule has 17 nitrogen and oxygen atoms in total. The van der Waals surface area contributed by atoms with E-state index in [1.807, 2.05) is 0 Å². The number of unbranched alkanes of at least 4 members (excludes halogenated alkanes) is 32. The quantitative estimate of drug-likeness (QED) is 0.0169. The molecular formula is C81H142O17P2. The molecular weight excluding hydrogens is 1310 g/mol. The molecule has 19 heteroatoms. The molecule has 0 aliphatic carbocycles. The SMILES string of the molecule is CC/C=C\C/C=C\C/C=C\CCCCCCCCCC(=O)OCC(COP(=O)(O)OCC(O)COP(=O)(O)OCC(COC(=O)CCCCCCCC/C=C\C/C=C\C/C=C\CCCCC)OC(=O)CCCCCCC/C=C\CCCCCC)OC(=O)CCCCCCC/C=C\CCCC. The zero-order valence-corrected chi connectivity index (χ0v) is 64.9. The smallest absolute Gasteiger partial charge is 0.462 e. The number of allylic oxidation sites excluding steroid dienone is 16. The van der Waals surface area contributed by atoms with Crippen molar-refractivity contribution in [2.45, 2.75) is 354 Å². The summed E-state index contributed by atoms with van der Waals surface area (Å²) in [6.07, 6.45) is 76.8. The number of ether oxygens (including phenoxy) is 4. The molecule has 0 saturated carbocycles. The predicted octanol–water partition coefficient (Wildman–Crippen LogP) is 22.8. The van der Waals surface area contributed by atoms with Crippen molar-refractivity contribution in [3.63, 3.8) is 0 Å². The van der Waals surface area contributed by atoms with Gasteiger partial charge in [-0.1, -0.05) is 266 Å². The lowest BCUT2D eigenvalue weighted by atomic mass is 10.1. The molecule has 3 N–H and O–H groups in total. The van der Waals surface area contributed by atoms with Gasteiger partial charge in [0.05, 0.1) is 26.4 Å². The van der Waals surface area contributed by atoms with Crippen molar-refractivity contribution in [2.75, 3.05) is 39.6 Å². The topological polar surface area (TPSA) is 237 Å². The number of carbonyl (C=O) groups excluding carboxylic acids is 4. The Labute approximate surface area is 607 Å². The van der Waals surface area contributed by atoms with Crippen LogP contribution >= 0.6 is 15.6 Å². The number of phosphoric ester groups is 2. The van der Waals surface area contributed by atoms with Crippen molar-refractivity contribution in [3.05, 3.63) is 97.2 Å². The number of esters is 4. The fourth-order valence-electron chi connectivity index (χ4n) is 10.5. The second-order valence-corrected chi connectivity index (χ2v) is 29.2. The van der Waals surface area contributed by atoms with E-state index in [1.54, 1.807) is 0 Å². The Hall–Kier alpha value is -4.02. The molecule has 0 aliphatic rings. The molecule has 100 heavy (non-hydrogen) atoms. The Balaban J connectivity index is 5.31. The summed E-state index contributed by atoms with van der Waals surface area (Å²) in [7, 11) is -9.95. The molecule has 0 heterocycles. The lowest BCUT2D eigenvalue weighted by Crippen LogP contribution is -2.30. The summed E-state index contributed by atoms with van der Waals surface area (Å²) in [6, 6.07) is 0. The summed E-state index contributed by atoms with van der Waals surface area (Å²) in [5, 5.41) is 10.6. The van der Waals surface area contributed by atoms with Crippen LogP contribution in [0.2, 0.25) is 0 Å². The highest BCUT2D eigenvalue weighted by atomic mass is 31.2. The minimum atomic E-state index is -4.98. The summed E-state index contributed by atoms with van der Waals surface area (Å²) >= 11 is 0. The molecule has 0 rings (SSSR count). The summed E-state index contributed by atoms with van der Waals surface area (Å²) in [4.78, 5) is 72.9. The minimum absolute atomic E-state index is 0.0823. The molecule has 0 amide bonds. The fourth-order valence-corrected chi connectivity index (χ4v) is 12.0. The van der Waals surface area contributed by atoms with Crippen molar-refractivity contribution in [3.8, 4) is 0 Å². The normalized spacial score (nSPS) is 14.4. The molecule has 0 radical (unpaired) electrons. The van der Waals surface area contributed by atoms with Crippen molar-refractivity contribution in [1.82, 2.24) is 0 Å². The molecule has 5 atom stereocenters. The van der Waals surface area contributed by atoms with Gasteiger partial charge in [-0.3, -0.25) is 37.3 Å². The Kier molecular flexibility index (Phi) is 70.4. The molecule has 0 spiro atoms. The third-order valence-electron chi connectivity index (χ3n) is 16.5. The Morgan fingerprint density at radius 1 is 0.290 bits per heavy atom. The third-order valence-corrected chi connectivity index (χ3v) is 18.4. The van der Waals surface area contributed by atoms with Crippen LogP contribution < -0.4 is 0 Å². The standard InChI is InChI=1S/C81H142O17P2/c1-5-9-13-17-21-25-29-32-34-36-37-39-41-44-47-50-54-58-62-66-79(84)92-72-77(98-81(86)68-64-60-56-52-48-42-31-27-23-19-15-11-7-3)74-96-100(89,90)94-70-75(82)69-93-99(87,88)95-73-76(97-80(85)67-63-59-55-51-45-28-24-20-16-12-8-4)71-91-78(83)65-61-57-53-49-46-43-40-38-35-33-30-26-22-18-14-10-6-2/h10,14,20-22,24-27,31-35,37,39,75-77,82H,5-9,11-13,15-19,23,28-30,36,38,40-74H2,1-4H3,(H,87,88)(H,89,90)/b14-10-,24-20-,25-21-,26-22-,31-27-,34-32-,35-33-,39-37-. The highest BCUT2D eigenvalue weighted by Gasteiger charge is 2.30. The van der Waals surface area contributed by atoms with Gasteiger partial charge in [0.25, 0.3) is 0 Å². The second kappa shape index (κ2) is 73.3. The molecule has 578 valence electrons. The van der Waals surface area contributed by atoms with E-state index >= 15 is 0 Å². The first-order chi connectivity index (χ1) is 48.7. The summed E-state index contributed by atoms with van der Waals surface area (Å²) in [6.45, 7) is 4.67. The van der Waals surface area contributed by atoms with Crippen LogP contribution in [0, 0.1) is 0 Å². The fraction of sp³-hybridized carbons (Fsp3) is 0.753. The zero-order valence-electron chi connectivity index (χ0n) is 63.1. The highest BCUT2D eigenvalue weighted by Crippen LogP contribution is 2.45. The number of rotatable bonds is 74. The first kappa shape index (κ1) is 96.0. The van der Waals surface area contributed by atoms with Gasteiger partial charge in [0.2, 0.25) is 0 Å². The Bertz CT molecular complexity index is 2270. The van der Waals surface area contributed by atoms with Gasteiger partial charge in [-0.05, 0) is 141 Å². The van der Waals surface area contributed by atoms with Gasteiger partial charge in [0.1, 0.15) is 19.3 Å². The molecule has 0 bridgehead atoms. The molecule has 0 saturated heterocycles. The monoisotopic (exact) mass is 1450 g/mol.